The fourth-order valence-corrected chi connectivity index (χ4v) is 1.80. The summed E-state index contributed by atoms with van der Waals surface area (Å²) in [5.74, 6) is -1.44. The van der Waals surface area contributed by atoms with Crippen molar-refractivity contribution in [3.8, 4) is 0 Å². The number of nitrogens with zero attached hydrogens (tertiary/aromatic N) is 2. The first-order valence-corrected chi connectivity index (χ1v) is 5.76. The standard InChI is InChI=1S/C11H20N2O4/c1-8(10(14)15)6-12(3)11(16)13-4-5-17-9(2)7-13/h8-9H,4-7H2,1-3H3,(H,14,15). The zero-order chi connectivity index (χ0) is 13.0. The van der Waals surface area contributed by atoms with E-state index >= 15 is 0 Å². The maximum atomic E-state index is 12.0. The summed E-state index contributed by atoms with van der Waals surface area (Å²) in [4.78, 5) is 25.9. The smallest absolute Gasteiger partial charge is 0.319 e. The summed E-state index contributed by atoms with van der Waals surface area (Å²) in [6.07, 6.45) is 0.0398. The van der Waals surface area contributed by atoms with Crippen molar-refractivity contribution in [2.75, 3.05) is 33.3 Å². The van der Waals surface area contributed by atoms with Crippen molar-refractivity contribution < 1.29 is 19.4 Å². The van der Waals surface area contributed by atoms with Crippen LogP contribution >= 0.6 is 0 Å². The number of ether oxygens (including phenoxy) is 1. The zero-order valence-corrected chi connectivity index (χ0v) is 10.5. The minimum absolute atomic E-state index is 0.0398. The highest BCUT2D eigenvalue weighted by molar-refractivity contribution is 5.76. The van der Waals surface area contributed by atoms with Gasteiger partial charge in [0.05, 0.1) is 18.6 Å². The van der Waals surface area contributed by atoms with Crippen LogP contribution in [0.4, 0.5) is 4.79 Å². The van der Waals surface area contributed by atoms with E-state index in [0.29, 0.717) is 19.7 Å². The molecule has 2 unspecified atom stereocenters. The molecule has 1 heterocycles. The number of hydrogen-bond acceptors (Lipinski definition) is 3. The largest absolute Gasteiger partial charge is 0.481 e. The van der Waals surface area contributed by atoms with Gasteiger partial charge in [-0.25, -0.2) is 4.79 Å². The lowest BCUT2D eigenvalue weighted by atomic mass is 10.2. The summed E-state index contributed by atoms with van der Waals surface area (Å²) >= 11 is 0. The maximum absolute atomic E-state index is 12.0. The van der Waals surface area contributed by atoms with E-state index in [0.717, 1.165) is 0 Å². The third-order valence-corrected chi connectivity index (χ3v) is 2.81. The molecule has 0 spiro atoms. The second-order valence-electron chi connectivity index (χ2n) is 4.53. The van der Waals surface area contributed by atoms with Crippen LogP contribution in [0.15, 0.2) is 0 Å². The molecule has 1 N–H and O–H groups in total. The molecule has 0 aliphatic carbocycles. The van der Waals surface area contributed by atoms with Crippen molar-refractivity contribution in [3.63, 3.8) is 0 Å². The lowest BCUT2D eigenvalue weighted by molar-refractivity contribution is -0.141. The van der Waals surface area contributed by atoms with Crippen LogP contribution in [0.25, 0.3) is 0 Å². The third-order valence-electron chi connectivity index (χ3n) is 2.81. The lowest BCUT2D eigenvalue weighted by Crippen LogP contribution is -2.50. The van der Waals surface area contributed by atoms with E-state index < -0.39 is 11.9 Å². The topological polar surface area (TPSA) is 70.1 Å². The highest BCUT2D eigenvalue weighted by Gasteiger charge is 2.25. The van der Waals surface area contributed by atoms with Gasteiger partial charge in [0.1, 0.15) is 0 Å². The Morgan fingerprint density at radius 2 is 2.24 bits per heavy atom. The lowest BCUT2D eigenvalue weighted by Gasteiger charge is -2.34. The average Bonchev–Trinajstić information content (AvgIpc) is 2.27. The van der Waals surface area contributed by atoms with Crippen LogP contribution in [0.3, 0.4) is 0 Å². The number of aliphatic carboxylic acids is 1. The molecule has 2 amide bonds. The molecule has 17 heavy (non-hydrogen) atoms. The second kappa shape index (κ2) is 5.86. The van der Waals surface area contributed by atoms with Crippen molar-refractivity contribution in [2.24, 2.45) is 5.92 Å². The van der Waals surface area contributed by atoms with Crippen molar-refractivity contribution in [1.82, 2.24) is 9.80 Å². The fraction of sp³-hybridized carbons (Fsp3) is 0.818. The molecule has 98 valence electrons. The van der Waals surface area contributed by atoms with Crippen LogP contribution in [0.1, 0.15) is 13.8 Å². The van der Waals surface area contributed by atoms with Gasteiger partial charge in [-0.2, -0.15) is 0 Å². The molecule has 1 rings (SSSR count). The minimum Gasteiger partial charge on any atom is -0.481 e. The molecular formula is C11H20N2O4. The van der Waals surface area contributed by atoms with Gasteiger partial charge in [-0.15, -0.1) is 0 Å². The number of carbonyl (C=O) groups is 2. The van der Waals surface area contributed by atoms with Gasteiger partial charge in [-0.3, -0.25) is 4.79 Å². The molecule has 2 atom stereocenters. The van der Waals surface area contributed by atoms with Crippen molar-refractivity contribution in [3.05, 3.63) is 0 Å². The average molecular weight is 244 g/mol. The highest BCUT2D eigenvalue weighted by atomic mass is 16.5. The summed E-state index contributed by atoms with van der Waals surface area (Å²) in [7, 11) is 1.63. The molecular weight excluding hydrogens is 224 g/mol. The van der Waals surface area contributed by atoms with Gasteiger partial charge in [0.25, 0.3) is 0 Å². The Hall–Kier alpha value is -1.30. The summed E-state index contributed by atoms with van der Waals surface area (Å²) in [5, 5.41) is 8.79. The quantitative estimate of drug-likeness (QED) is 0.784. The molecule has 1 aliphatic heterocycles. The van der Waals surface area contributed by atoms with Crippen LogP contribution < -0.4 is 0 Å². The fourth-order valence-electron chi connectivity index (χ4n) is 1.80. The predicted molar refractivity (Wildman–Crippen MR) is 61.8 cm³/mol. The van der Waals surface area contributed by atoms with Gasteiger partial charge in [0.15, 0.2) is 0 Å². The molecule has 6 heteroatoms. The van der Waals surface area contributed by atoms with Crippen LogP contribution in [0, 0.1) is 5.92 Å². The van der Waals surface area contributed by atoms with E-state index in [9.17, 15) is 9.59 Å². The van der Waals surface area contributed by atoms with Gasteiger partial charge in [-0.05, 0) is 6.92 Å². The second-order valence-corrected chi connectivity index (χ2v) is 4.53. The number of rotatable bonds is 3. The number of carboxylic acid groups (broad SMARTS) is 1. The van der Waals surface area contributed by atoms with E-state index in [-0.39, 0.29) is 18.7 Å². The third kappa shape index (κ3) is 3.89. The predicted octanol–water partition coefficient (Wildman–Crippen LogP) is 0.480. The summed E-state index contributed by atoms with van der Waals surface area (Å²) in [6.45, 7) is 5.39. The van der Waals surface area contributed by atoms with E-state index in [1.807, 2.05) is 6.92 Å². The Kier molecular flexibility index (Phi) is 4.74. The van der Waals surface area contributed by atoms with Gasteiger partial charge < -0.3 is 19.6 Å². The molecule has 0 aromatic carbocycles. The molecule has 0 bridgehead atoms. The van der Waals surface area contributed by atoms with E-state index in [1.165, 1.54) is 4.90 Å². The normalized spacial score (nSPS) is 22.1. The van der Waals surface area contributed by atoms with Crippen LogP contribution in [-0.4, -0.2) is 66.3 Å². The monoisotopic (exact) mass is 244 g/mol. The molecule has 6 nitrogen and oxygen atoms in total. The molecule has 1 fully saturated rings. The van der Waals surface area contributed by atoms with Crippen molar-refractivity contribution in [2.45, 2.75) is 20.0 Å². The van der Waals surface area contributed by atoms with E-state index in [2.05, 4.69) is 0 Å². The summed E-state index contributed by atoms with van der Waals surface area (Å²) in [5.41, 5.74) is 0. The molecule has 0 radical (unpaired) electrons. The van der Waals surface area contributed by atoms with E-state index in [1.54, 1.807) is 18.9 Å². The molecule has 0 saturated carbocycles. The number of carbonyl (C=O) groups excluding carboxylic acids is 1. The summed E-state index contributed by atoms with van der Waals surface area (Å²) in [6, 6.07) is -0.131. The van der Waals surface area contributed by atoms with Crippen molar-refractivity contribution in [1.29, 1.82) is 0 Å². The van der Waals surface area contributed by atoms with Crippen LogP contribution in [0.2, 0.25) is 0 Å². The van der Waals surface area contributed by atoms with Gasteiger partial charge >= 0.3 is 12.0 Å². The zero-order valence-electron chi connectivity index (χ0n) is 10.5. The first-order valence-electron chi connectivity index (χ1n) is 5.76. The van der Waals surface area contributed by atoms with Gasteiger partial charge in [0, 0.05) is 26.7 Å². The summed E-state index contributed by atoms with van der Waals surface area (Å²) < 4.78 is 5.35. The Morgan fingerprint density at radius 1 is 1.59 bits per heavy atom. The Balaban J connectivity index is 2.48. The first kappa shape index (κ1) is 13.8. The number of morpholine rings is 1. The van der Waals surface area contributed by atoms with Crippen LogP contribution in [0.5, 0.6) is 0 Å². The van der Waals surface area contributed by atoms with Crippen LogP contribution in [-0.2, 0) is 9.53 Å². The SMILES string of the molecule is CC1CN(C(=O)N(C)CC(C)C(=O)O)CCO1. The van der Waals surface area contributed by atoms with Crippen molar-refractivity contribution >= 4 is 12.0 Å². The number of carboxylic acids is 1. The number of amides is 2. The maximum Gasteiger partial charge on any atom is 0.319 e. The number of hydrogen-bond donors (Lipinski definition) is 1. The molecule has 0 aromatic heterocycles. The highest BCUT2D eigenvalue weighted by Crippen LogP contribution is 2.08. The molecule has 1 aliphatic rings. The minimum atomic E-state index is -0.889. The number of urea groups is 1. The molecule has 0 aromatic rings. The van der Waals surface area contributed by atoms with Gasteiger partial charge in [0.2, 0.25) is 0 Å². The van der Waals surface area contributed by atoms with E-state index in [4.69, 9.17) is 9.84 Å². The Labute approximate surface area is 101 Å². The van der Waals surface area contributed by atoms with Gasteiger partial charge in [-0.1, -0.05) is 6.92 Å². The Morgan fingerprint density at radius 3 is 2.76 bits per heavy atom. The first-order chi connectivity index (χ1) is 7.91. The molecule has 1 saturated heterocycles. The Bertz CT molecular complexity index is 295.